The second kappa shape index (κ2) is 4.37. The van der Waals surface area contributed by atoms with E-state index in [4.69, 9.17) is 0 Å². The average molecular weight is 193 g/mol. The molecule has 1 aliphatic heterocycles. The van der Waals surface area contributed by atoms with Crippen LogP contribution in [0.4, 0.5) is 0 Å². The monoisotopic (exact) mass is 193 g/mol. The molecule has 0 atom stereocenters. The first kappa shape index (κ1) is 9.40. The second-order valence-corrected chi connectivity index (χ2v) is 3.74. The van der Waals surface area contributed by atoms with Gasteiger partial charge in [0.1, 0.15) is 0 Å². The van der Waals surface area contributed by atoms with Gasteiger partial charge in [0.25, 0.3) is 5.56 Å². The molecule has 1 N–H and O–H groups in total. The maximum atomic E-state index is 11.4. The van der Waals surface area contributed by atoms with Crippen LogP contribution in [-0.2, 0) is 6.54 Å². The third-order valence-electron chi connectivity index (χ3n) is 2.68. The maximum absolute atomic E-state index is 11.4. The van der Waals surface area contributed by atoms with Gasteiger partial charge in [0, 0.05) is 18.8 Å². The van der Waals surface area contributed by atoms with Crippen molar-refractivity contribution < 1.29 is 0 Å². The number of rotatable bonds is 2. The van der Waals surface area contributed by atoms with E-state index in [2.05, 4.69) is 10.4 Å². The zero-order chi connectivity index (χ0) is 9.80. The summed E-state index contributed by atoms with van der Waals surface area (Å²) in [5.74, 6) is 0.601. The van der Waals surface area contributed by atoms with E-state index in [0.717, 1.165) is 32.5 Å². The van der Waals surface area contributed by atoms with E-state index in [0.29, 0.717) is 5.92 Å². The molecule has 0 aromatic carbocycles. The van der Waals surface area contributed by atoms with Crippen LogP contribution in [-0.4, -0.2) is 22.9 Å². The highest BCUT2D eigenvalue weighted by molar-refractivity contribution is 4.85. The minimum atomic E-state index is 0.00559. The Morgan fingerprint density at radius 1 is 1.50 bits per heavy atom. The van der Waals surface area contributed by atoms with E-state index < -0.39 is 0 Å². The first-order chi connectivity index (χ1) is 6.86. The summed E-state index contributed by atoms with van der Waals surface area (Å²) < 4.78 is 1.57. The van der Waals surface area contributed by atoms with Crippen LogP contribution in [0.25, 0.3) is 0 Å². The van der Waals surface area contributed by atoms with Crippen LogP contribution in [0.15, 0.2) is 23.1 Å². The first-order valence-electron chi connectivity index (χ1n) is 5.09. The van der Waals surface area contributed by atoms with Crippen LogP contribution in [0.2, 0.25) is 0 Å². The molecule has 0 radical (unpaired) electrons. The number of piperidine rings is 1. The highest BCUT2D eigenvalue weighted by atomic mass is 16.1. The van der Waals surface area contributed by atoms with Crippen molar-refractivity contribution in [2.45, 2.75) is 19.4 Å². The molecule has 0 amide bonds. The van der Waals surface area contributed by atoms with Gasteiger partial charge in [0.2, 0.25) is 0 Å². The summed E-state index contributed by atoms with van der Waals surface area (Å²) in [7, 11) is 0. The molecule has 0 saturated carbocycles. The molecular weight excluding hydrogens is 178 g/mol. The summed E-state index contributed by atoms with van der Waals surface area (Å²) >= 11 is 0. The van der Waals surface area contributed by atoms with Crippen molar-refractivity contribution in [3.63, 3.8) is 0 Å². The van der Waals surface area contributed by atoms with Crippen molar-refractivity contribution in [1.29, 1.82) is 0 Å². The average Bonchev–Trinajstić information content (AvgIpc) is 2.23. The molecule has 1 saturated heterocycles. The topological polar surface area (TPSA) is 46.9 Å². The van der Waals surface area contributed by atoms with Crippen LogP contribution in [0.1, 0.15) is 12.8 Å². The Labute approximate surface area is 82.9 Å². The van der Waals surface area contributed by atoms with Gasteiger partial charge in [-0.1, -0.05) is 0 Å². The number of hydrogen-bond donors (Lipinski definition) is 1. The van der Waals surface area contributed by atoms with Gasteiger partial charge in [0.15, 0.2) is 0 Å². The smallest absolute Gasteiger partial charge is 0.266 e. The van der Waals surface area contributed by atoms with E-state index in [1.54, 1.807) is 23.0 Å². The fourth-order valence-corrected chi connectivity index (χ4v) is 1.83. The van der Waals surface area contributed by atoms with Crippen molar-refractivity contribution in [1.82, 2.24) is 15.1 Å². The van der Waals surface area contributed by atoms with Gasteiger partial charge in [-0.3, -0.25) is 4.79 Å². The molecule has 0 unspecified atom stereocenters. The molecule has 4 heteroatoms. The highest BCUT2D eigenvalue weighted by Gasteiger charge is 2.13. The van der Waals surface area contributed by atoms with Crippen LogP contribution in [0, 0.1) is 5.92 Å². The largest absolute Gasteiger partial charge is 0.317 e. The van der Waals surface area contributed by atoms with Crippen LogP contribution in [0.3, 0.4) is 0 Å². The minimum absolute atomic E-state index is 0.00559. The molecular formula is C10H15N3O. The Bertz CT molecular complexity index is 341. The van der Waals surface area contributed by atoms with Gasteiger partial charge >= 0.3 is 0 Å². The Kier molecular flexibility index (Phi) is 2.93. The van der Waals surface area contributed by atoms with E-state index in [-0.39, 0.29) is 5.56 Å². The molecule has 76 valence electrons. The lowest BCUT2D eigenvalue weighted by molar-refractivity contribution is 0.315. The maximum Gasteiger partial charge on any atom is 0.266 e. The Morgan fingerprint density at radius 2 is 2.29 bits per heavy atom. The second-order valence-electron chi connectivity index (χ2n) is 3.74. The fourth-order valence-electron chi connectivity index (χ4n) is 1.83. The summed E-state index contributed by atoms with van der Waals surface area (Å²) in [6.07, 6.45) is 3.95. The standard InChI is InChI=1S/C10H15N3O/c14-10-2-1-5-12-13(10)8-9-3-6-11-7-4-9/h1-2,5,9,11H,3-4,6-8H2. The molecule has 2 heterocycles. The molecule has 0 bridgehead atoms. The zero-order valence-corrected chi connectivity index (χ0v) is 8.15. The van der Waals surface area contributed by atoms with Crippen LogP contribution in [0.5, 0.6) is 0 Å². The normalized spacial score (nSPS) is 18.3. The third kappa shape index (κ3) is 2.20. The van der Waals surface area contributed by atoms with E-state index in [9.17, 15) is 4.79 Å². The molecule has 1 fully saturated rings. The van der Waals surface area contributed by atoms with Gasteiger partial charge < -0.3 is 5.32 Å². The third-order valence-corrected chi connectivity index (χ3v) is 2.68. The zero-order valence-electron chi connectivity index (χ0n) is 8.15. The Morgan fingerprint density at radius 3 is 3.00 bits per heavy atom. The molecule has 1 aromatic heterocycles. The quantitative estimate of drug-likeness (QED) is 0.732. The predicted molar refractivity (Wildman–Crippen MR) is 54.1 cm³/mol. The summed E-state index contributed by atoms with van der Waals surface area (Å²) in [4.78, 5) is 11.4. The lowest BCUT2D eigenvalue weighted by Crippen LogP contribution is -2.33. The highest BCUT2D eigenvalue weighted by Crippen LogP contribution is 2.12. The van der Waals surface area contributed by atoms with E-state index in [1.165, 1.54) is 0 Å². The number of nitrogens with one attached hydrogen (secondary N) is 1. The molecule has 0 aliphatic carbocycles. The molecule has 2 rings (SSSR count). The van der Waals surface area contributed by atoms with E-state index >= 15 is 0 Å². The van der Waals surface area contributed by atoms with Crippen molar-refractivity contribution in [3.8, 4) is 0 Å². The van der Waals surface area contributed by atoms with Crippen molar-refractivity contribution in [3.05, 3.63) is 28.7 Å². The van der Waals surface area contributed by atoms with Gasteiger partial charge in [0.05, 0.1) is 0 Å². The predicted octanol–water partition coefficient (Wildman–Crippen LogP) is 0.243. The minimum Gasteiger partial charge on any atom is -0.317 e. The lowest BCUT2D eigenvalue weighted by Gasteiger charge is -2.22. The lowest BCUT2D eigenvalue weighted by atomic mass is 9.98. The molecule has 4 nitrogen and oxygen atoms in total. The van der Waals surface area contributed by atoms with Crippen molar-refractivity contribution in [2.24, 2.45) is 5.92 Å². The van der Waals surface area contributed by atoms with Gasteiger partial charge in [-0.05, 0) is 37.9 Å². The fraction of sp³-hybridized carbons (Fsp3) is 0.600. The number of nitrogens with zero attached hydrogens (tertiary/aromatic N) is 2. The molecule has 1 aromatic rings. The first-order valence-corrected chi connectivity index (χ1v) is 5.09. The molecule has 0 spiro atoms. The molecule has 14 heavy (non-hydrogen) atoms. The van der Waals surface area contributed by atoms with Gasteiger partial charge in [-0.25, -0.2) is 4.68 Å². The van der Waals surface area contributed by atoms with Crippen LogP contribution < -0.4 is 10.9 Å². The summed E-state index contributed by atoms with van der Waals surface area (Å²) in [5.41, 5.74) is 0.00559. The van der Waals surface area contributed by atoms with Crippen molar-refractivity contribution in [2.75, 3.05) is 13.1 Å². The number of aromatic nitrogens is 2. The van der Waals surface area contributed by atoms with E-state index in [1.807, 2.05) is 0 Å². The van der Waals surface area contributed by atoms with Gasteiger partial charge in [-0.2, -0.15) is 5.10 Å². The van der Waals surface area contributed by atoms with Crippen LogP contribution >= 0.6 is 0 Å². The Balaban J connectivity index is 2.03. The number of hydrogen-bond acceptors (Lipinski definition) is 3. The molecule has 1 aliphatic rings. The summed E-state index contributed by atoms with van der Waals surface area (Å²) in [5, 5.41) is 7.36. The Hall–Kier alpha value is -1.16. The van der Waals surface area contributed by atoms with Gasteiger partial charge in [-0.15, -0.1) is 0 Å². The SMILES string of the molecule is O=c1cccnn1CC1CCNCC1. The summed E-state index contributed by atoms with van der Waals surface area (Å²) in [6.45, 7) is 2.89. The van der Waals surface area contributed by atoms with Crippen molar-refractivity contribution >= 4 is 0 Å². The summed E-state index contributed by atoms with van der Waals surface area (Å²) in [6, 6.07) is 3.25.